The Labute approximate surface area is 117 Å². The molecule has 1 aromatic heterocycles. The maximum absolute atomic E-state index is 12.3. The van der Waals surface area contributed by atoms with Crippen LogP contribution in [0.5, 0.6) is 0 Å². The number of carbonyl (C=O) groups is 2. The van der Waals surface area contributed by atoms with Crippen molar-refractivity contribution in [3.05, 3.63) is 23.4 Å². The highest BCUT2D eigenvalue weighted by Gasteiger charge is 2.29. The number of aromatic nitrogens is 1. The van der Waals surface area contributed by atoms with Gasteiger partial charge in [0, 0.05) is 18.2 Å². The van der Waals surface area contributed by atoms with Gasteiger partial charge in [-0.25, -0.2) is 4.98 Å². The van der Waals surface area contributed by atoms with Gasteiger partial charge in [0.05, 0.1) is 11.4 Å². The minimum atomic E-state index is -0.958. The van der Waals surface area contributed by atoms with E-state index in [1.165, 1.54) is 11.1 Å². The molecule has 1 N–H and O–H groups in total. The molecule has 6 heteroatoms. The van der Waals surface area contributed by atoms with Crippen molar-refractivity contribution in [2.45, 2.75) is 27.2 Å². The van der Waals surface area contributed by atoms with E-state index in [-0.39, 0.29) is 18.9 Å². The lowest BCUT2D eigenvalue weighted by molar-refractivity contribution is -0.136. The highest BCUT2D eigenvalue weighted by atomic mass is 35.5. The molecule has 0 spiro atoms. The number of carboxylic acids is 1. The second-order valence-corrected chi connectivity index (χ2v) is 5.62. The Hall–Kier alpha value is -1.62. The Morgan fingerprint density at radius 3 is 2.42 bits per heavy atom. The van der Waals surface area contributed by atoms with Gasteiger partial charge in [0.1, 0.15) is 5.82 Å². The number of nitrogens with zero attached hydrogens (tertiary/aromatic N) is 2. The van der Waals surface area contributed by atoms with Gasteiger partial charge in [-0.15, -0.1) is 0 Å². The molecule has 0 saturated carbocycles. The van der Waals surface area contributed by atoms with Crippen LogP contribution in [0.1, 0.15) is 27.2 Å². The summed E-state index contributed by atoms with van der Waals surface area (Å²) in [6.07, 6.45) is 1.30. The molecule has 1 amide bonds. The number of anilines is 1. The summed E-state index contributed by atoms with van der Waals surface area (Å²) >= 11 is 5.75. The summed E-state index contributed by atoms with van der Waals surface area (Å²) in [7, 11) is 0. The summed E-state index contributed by atoms with van der Waals surface area (Å²) in [6.45, 7) is 5.41. The Kier molecular flexibility index (Phi) is 4.89. The predicted molar refractivity (Wildman–Crippen MR) is 73.3 cm³/mol. The SMILES string of the molecule is CC(C)(C)C(=O)N(CCC(=O)O)c1ccc(Cl)cn1. The molecule has 1 rings (SSSR count). The summed E-state index contributed by atoms with van der Waals surface area (Å²) in [4.78, 5) is 28.5. The fourth-order valence-electron chi connectivity index (χ4n) is 1.46. The second kappa shape index (κ2) is 6.02. The number of rotatable bonds is 4. The topological polar surface area (TPSA) is 70.5 Å². The van der Waals surface area contributed by atoms with Crippen LogP contribution in [-0.4, -0.2) is 28.5 Å². The number of hydrogen-bond acceptors (Lipinski definition) is 3. The van der Waals surface area contributed by atoms with E-state index in [4.69, 9.17) is 16.7 Å². The molecule has 0 radical (unpaired) electrons. The third-order valence-electron chi connectivity index (χ3n) is 2.42. The first kappa shape index (κ1) is 15.4. The number of carbonyl (C=O) groups excluding carboxylic acids is 1. The molecule has 0 saturated heterocycles. The van der Waals surface area contributed by atoms with Gasteiger partial charge in [-0.2, -0.15) is 0 Å². The molecule has 0 aliphatic heterocycles. The highest BCUT2D eigenvalue weighted by Crippen LogP contribution is 2.23. The summed E-state index contributed by atoms with van der Waals surface area (Å²) in [5.74, 6) is -0.727. The van der Waals surface area contributed by atoms with Gasteiger partial charge in [-0.05, 0) is 12.1 Å². The Morgan fingerprint density at radius 1 is 1.37 bits per heavy atom. The van der Waals surface area contributed by atoms with Crippen LogP contribution in [0.3, 0.4) is 0 Å². The first-order chi connectivity index (χ1) is 8.71. The molecule has 0 unspecified atom stereocenters. The minimum absolute atomic E-state index is 0.0834. The number of halogens is 1. The van der Waals surface area contributed by atoms with E-state index in [9.17, 15) is 9.59 Å². The largest absolute Gasteiger partial charge is 0.481 e. The normalized spacial score (nSPS) is 11.2. The maximum atomic E-state index is 12.3. The van der Waals surface area contributed by atoms with Crippen molar-refractivity contribution in [3.63, 3.8) is 0 Å². The summed E-state index contributed by atoms with van der Waals surface area (Å²) in [5, 5.41) is 9.22. The summed E-state index contributed by atoms with van der Waals surface area (Å²) in [6, 6.07) is 3.22. The second-order valence-electron chi connectivity index (χ2n) is 5.19. The molecule has 1 heterocycles. The third-order valence-corrected chi connectivity index (χ3v) is 2.65. The Bertz CT molecular complexity index is 466. The van der Waals surface area contributed by atoms with E-state index in [0.29, 0.717) is 10.8 Å². The van der Waals surface area contributed by atoms with Crippen LogP contribution in [0.2, 0.25) is 5.02 Å². The number of aliphatic carboxylic acids is 1. The molecule has 5 nitrogen and oxygen atoms in total. The van der Waals surface area contributed by atoms with Gasteiger partial charge >= 0.3 is 5.97 Å². The van der Waals surface area contributed by atoms with Crippen LogP contribution in [0.4, 0.5) is 5.82 Å². The van der Waals surface area contributed by atoms with Crippen LogP contribution in [0, 0.1) is 5.41 Å². The lowest BCUT2D eigenvalue weighted by Gasteiger charge is -2.28. The van der Waals surface area contributed by atoms with Gasteiger partial charge in [-0.3, -0.25) is 14.5 Å². The fraction of sp³-hybridized carbons (Fsp3) is 0.462. The maximum Gasteiger partial charge on any atom is 0.305 e. The van der Waals surface area contributed by atoms with Crippen molar-refractivity contribution < 1.29 is 14.7 Å². The zero-order valence-corrected chi connectivity index (χ0v) is 11.9. The van der Waals surface area contributed by atoms with Gasteiger partial charge in [0.25, 0.3) is 0 Å². The smallest absolute Gasteiger partial charge is 0.305 e. The minimum Gasteiger partial charge on any atom is -0.481 e. The van der Waals surface area contributed by atoms with E-state index in [1.54, 1.807) is 32.9 Å². The number of hydrogen-bond donors (Lipinski definition) is 1. The molecule has 0 fully saturated rings. The first-order valence-corrected chi connectivity index (χ1v) is 6.25. The molecule has 104 valence electrons. The van der Waals surface area contributed by atoms with Crippen LogP contribution < -0.4 is 4.90 Å². The summed E-state index contributed by atoms with van der Waals surface area (Å²) < 4.78 is 0. The van der Waals surface area contributed by atoms with Gasteiger partial charge in [0.2, 0.25) is 5.91 Å². The van der Waals surface area contributed by atoms with Crippen LogP contribution in [0.15, 0.2) is 18.3 Å². The molecule has 1 aromatic rings. The monoisotopic (exact) mass is 284 g/mol. The van der Waals surface area contributed by atoms with Crippen LogP contribution >= 0.6 is 11.6 Å². The molecule has 0 bridgehead atoms. The average molecular weight is 285 g/mol. The van der Waals surface area contributed by atoms with E-state index in [2.05, 4.69) is 4.98 Å². The number of pyridine rings is 1. The van der Waals surface area contributed by atoms with Gasteiger partial charge in [0.15, 0.2) is 0 Å². The van der Waals surface area contributed by atoms with Crippen molar-refractivity contribution >= 4 is 29.3 Å². The van der Waals surface area contributed by atoms with Crippen molar-refractivity contribution in [3.8, 4) is 0 Å². The molecule has 0 atom stereocenters. The number of carboxylic acid groups (broad SMARTS) is 1. The molecular formula is C13H17ClN2O3. The predicted octanol–water partition coefficient (Wildman–Crippen LogP) is 2.59. The molecule has 0 aliphatic rings. The fourth-order valence-corrected chi connectivity index (χ4v) is 1.57. The zero-order chi connectivity index (χ0) is 14.6. The zero-order valence-electron chi connectivity index (χ0n) is 11.2. The van der Waals surface area contributed by atoms with E-state index < -0.39 is 11.4 Å². The molecule has 19 heavy (non-hydrogen) atoms. The average Bonchev–Trinajstić information content (AvgIpc) is 2.29. The standard InChI is InChI=1S/C13H17ClN2O3/c1-13(2,3)12(19)16(7-6-11(17)18)10-5-4-9(14)8-15-10/h4-5,8H,6-7H2,1-3H3,(H,17,18). The van der Waals surface area contributed by atoms with E-state index >= 15 is 0 Å². The first-order valence-electron chi connectivity index (χ1n) is 5.87. The quantitative estimate of drug-likeness (QED) is 0.922. The van der Waals surface area contributed by atoms with E-state index in [1.807, 2.05) is 0 Å². The van der Waals surface area contributed by atoms with Crippen molar-refractivity contribution in [2.75, 3.05) is 11.4 Å². The highest BCUT2D eigenvalue weighted by molar-refractivity contribution is 6.30. The van der Waals surface area contributed by atoms with E-state index in [0.717, 1.165) is 0 Å². The Morgan fingerprint density at radius 2 is 2.00 bits per heavy atom. The molecule has 0 aliphatic carbocycles. The van der Waals surface area contributed by atoms with Gasteiger partial charge in [-0.1, -0.05) is 32.4 Å². The van der Waals surface area contributed by atoms with Crippen LogP contribution in [0.25, 0.3) is 0 Å². The van der Waals surface area contributed by atoms with Crippen LogP contribution in [-0.2, 0) is 9.59 Å². The van der Waals surface area contributed by atoms with Crippen molar-refractivity contribution in [2.24, 2.45) is 5.41 Å². The van der Waals surface area contributed by atoms with Crippen molar-refractivity contribution in [1.82, 2.24) is 4.98 Å². The van der Waals surface area contributed by atoms with Crippen molar-refractivity contribution in [1.29, 1.82) is 0 Å². The third kappa shape index (κ3) is 4.52. The number of amides is 1. The van der Waals surface area contributed by atoms with Gasteiger partial charge < -0.3 is 5.11 Å². The Balaban J connectivity index is 3.01. The lowest BCUT2D eigenvalue weighted by atomic mass is 9.94. The molecular weight excluding hydrogens is 268 g/mol. The summed E-state index contributed by atoms with van der Waals surface area (Å²) in [5.41, 5.74) is -0.611. The lowest BCUT2D eigenvalue weighted by Crippen LogP contribution is -2.41. The molecule has 0 aromatic carbocycles.